The summed E-state index contributed by atoms with van der Waals surface area (Å²) in [6.45, 7) is 1.30. The van der Waals surface area contributed by atoms with Crippen LogP contribution in [0.2, 0.25) is 0 Å². The lowest BCUT2D eigenvalue weighted by molar-refractivity contribution is -0.0625. The van der Waals surface area contributed by atoms with E-state index in [4.69, 9.17) is 9.47 Å². The number of carbonyl (C=O) groups is 3. The number of rotatable bonds is 2. The smallest absolute Gasteiger partial charge is 0.201 e. The molecule has 29 heavy (non-hydrogen) atoms. The van der Waals surface area contributed by atoms with Crippen molar-refractivity contribution in [2.24, 2.45) is 0 Å². The molecule has 0 aromatic heterocycles. The summed E-state index contributed by atoms with van der Waals surface area (Å²) in [6.07, 6.45) is -0.974. The quantitative estimate of drug-likeness (QED) is 0.590. The van der Waals surface area contributed by atoms with Gasteiger partial charge in [0.05, 0.1) is 24.3 Å². The third-order valence-electron chi connectivity index (χ3n) is 5.68. The molecule has 0 spiro atoms. The SMILES string of the molecule is COc1cc(O)c2c(c1)C(=O)c1cc3c(c(O)c1C2=O)C[C@H](OC)[C@](C)(O)C3=O. The molecule has 2 aliphatic rings. The highest BCUT2D eigenvalue weighted by molar-refractivity contribution is 6.31. The molecule has 0 fully saturated rings. The van der Waals surface area contributed by atoms with Crippen LogP contribution in [-0.2, 0) is 11.2 Å². The van der Waals surface area contributed by atoms with Crippen molar-refractivity contribution in [3.8, 4) is 17.2 Å². The monoisotopic (exact) mass is 398 g/mol. The van der Waals surface area contributed by atoms with Gasteiger partial charge in [0.15, 0.2) is 17.2 Å². The predicted octanol–water partition coefficient (Wildman–Crippen LogP) is 1.39. The molecule has 2 aromatic carbocycles. The summed E-state index contributed by atoms with van der Waals surface area (Å²) in [5.74, 6) is -2.91. The number of ether oxygens (including phenoxy) is 2. The second-order valence-electron chi connectivity index (χ2n) is 7.31. The highest BCUT2D eigenvalue weighted by Crippen LogP contribution is 2.44. The molecule has 0 saturated heterocycles. The summed E-state index contributed by atoms with van der Waals surface area (Å²) < 4.78 is 10.2. The van der Waals surface area contributed by atoms with Crippen LogP contribution in [0.25, 0.3) is 0 Å². The van der Waals surface area contributed by atoms with Crippen LogP contribution in [-0.4, -0.2) is 58.6 Å². The number of hydrogen-bond acceptors (Lipinski definition) is 8. The van der Waals surface area contributed by atoms with Crippen molar-refractivity contribution in [3.05, 3.63) is 51.6 Å². The third kappa shape index (κ3) is 2.43. The summed E-state index contributed by atoms with van der Waals surface area (Å²) in [5, 5.41) is 31.6. The molecule has 0 radical (unpaired) electrons. The summed E-state index contributed by atoms with van der Waals surface area (Å²) in [7, 11) is 2.67. The van der Waals surface area contributed by atoms with E-state index in [0.29, 0.717) is 0 Å². The summed E-state index contributed by atoms with van der Waals surface area (Å²) in [5.41, 5.74) is -2.58. The molecule has 2 aromatic rings. The molecule has 2 aliphatic carbocycles. The normalized spacial score (nSPS) is 22.8. The number of phenolic OH excluding ortho intramolecular Hbond substituents is 2. The van der Waals surface area contributed by atoms with E-state index in [2.05, 4.69) is 0 Å². The Morgan fingerprint density at radius 3 is 2.24 bits per heavy atom. The molecular weight excluding hydrogens is 380 g/mol. The van der Waals surface area contributed by atoms with Gasteiger partial charge in [0.1, 0.15) is 17.2 Å². The van der Waals surface area contributed by atoms with E-state index in [0.717, 1.165) is 0 Å². The Balaban J connectivity index is 2.00. The summed E-state index contributed by atoms with van der Waals surface area (Å²) in [6, 6.07) is 3.73. The standard InChI is InChI=1S/C21H18O8/c1-21(27)14(29-3)7-9-10(20(21)26)6-12-16(18(9)24)19(25)15-11(17(12)23)4-8(28-2)5-13(15)22/h4-6,14,22,24,27H,7H2,1-3H3/t14-,21-/m0/s1. The van der Waals surface area contributed by atoms with Gasteiger partial charge in [-0.3, -0.25) is 14.4 Å². The lowest BCUT2D eigenvalue weighted by Gasteiger charge is -2.36. The molecule has 150 valence electrons. The minimum atomic E-state index is -1.86. The molecule has 0 saturated carbocycles. The number of methoxy groups -OCH3 is 2. The van der Waals surface area contributed by atoms with Gasteiger partial charge in [-0.2, -0.15) is 0 Å². The lowest BCUT2D eigenvalue weighted by Crippen LogP contribution is -2.52. The van der Waals surface area contributed by atoms with E-state index < -0.39 is 40.6 Å². The number of aliphatic hydroxyl groups is 1. The van der Waals surface area contributed by atoms with E-state index in [1.165, 1.54) is 39.3 Å². The number of phenols is 2. The Morgan fingerprint density at radius 2 is 1.62 bits per heavy atom. The molecule has 0 bridgehead atoms. The Bertz CT molecular complexity index is 1110. The van der Waals surface area contributed by atoms with E-state index in [9.17, 15) is 29.7 Å². The molecule has 8 nitrogen and oxygen atoms in total. The van der Waals surface area contributed by atoms with Crippen molar-refractivity contribution in [1.29, 1.82) is 0 Å². The number of Topliss-reactive ketones (excluding diaryl/α,β-unsaturated/α-hetero) is 1. The average molecular weight is 398 g/mol. The molecule has 0 aliphatic heterocycles. The maximum absolute atomic E-state index is 13.1. The minimum Gasteiger partial charge on any atom is -0.507 e. The molecule has 4 rings (SSSR count). The highest BCUT2D eigenvalue weighted by Gasteiger charge is 2.48. The molecule has 3 N–H and O–H groups in total. The molecule has 0 unspecified atom stereocenters. The Hall–Kier alpha value is -3.23. The predicted molar refractivity (Wildman–Crippen MR) is 99.1 cm³/mol. The van der Waals surface area contributed by atoms with Crippen molar-refractivity contribution >= 4 is 17.3 Å². The van der Waals surface area contributed by atoms with Crippen molar-refractivity contribution in [2.75, 3.05) is 14.2 Å². The van der Waals surface area contributed by atoms with Gasteiger partial charge in [0.25, 0.3) is 0 Å². The fourth-order valence-corrected chi connectivity index (χ4v) is 4.05. The average Bonchev–Trinajstić information content (AvgIpc) is 2.68. The van der Waals surface area contributed by atoms with Crippen LogP contribution in [0.4, 0.5) is 0 Å². The largest absolute Gasteiger partial charge is 0.507 e. The number of aromatic hydroxyl groups is 2. The van der Waals surface area contributed by atoms with Crippen molar-refractivity contribution in [2.45, 2.75) is 25.0 Å². The zero-order valence-corrected chi connectivity index (χ0v) is 15.9. The first-order valence-electron chi connectivity index (χ1n) is 8.82. The van der Waals surface area contributed by atoms with Crippen LogP contribution >= 0.6 is 0 Å². The van der Waals surface area contributed by atoms with Crippen LogP contribution in [0.1, 0.15) is 54.7 Å². The van der Waals surface area contributed by atoms with Crippen LogP contribution in [0, 0.1) is 0 Å². The van der Waals surface area contributed by atoms with Crippen LogP contribution in [0.3, 0.4) is 0 Å². The highest BCUT2D eigenvalue weighted by atomic mass is 16.5. The number of fused-ring (bicyclic) bond motifs is 3. The molecular formula is C21H18O8. The first kappa shape index (κ1) is 19.1. The fraction of sp³-hybridized carbons (Fsp3) is 0.286. The Kier molecular flexibility index (Phi) is 4.04. The molecule has 0 amide bonds. The Morgan fingerprint density at radius 1 is 0.966 bits per heavy atom. The lowest BCUT2D eigenvalue weighted by atomic mass is 9.73. The number of benzene rings is 2. The van der Waals surface area contributed by atoms with Crippen molar-refractivity contribution in [3.63, 3.8) is 0 Å². The number of ketones is 3. The van der Waals surface area contributed by atoms with E-state index >= 15 is 0 Å². The maximum Gasteiger partial charge on any atom is 0.201 e. The Labute approximate surface area is 165 Å². The van der Waals surface area contributed by atoms with Crippen LogP contribution in [0.15, 0.2) is 18.2 Å². The van der Waals surface area contributed by atoms with Gasteiger partial charge in [0, 0.05) is 41.9 Å². The van der Waals surface area contributed by atoms with Gasteiger partial charge >= 0.3 is 0 Å². The first-order valence-corrected chi connectivity index (χ1v) is 8.82. The second-order valence-corrected chi connectivity index (χ2v) is 7.31. The van der Waals surface area contributed by atoms with Crippen molar-refractivity contribution < 1.29 is 39.2 Å². The van der Waals surface area contributed by atoms with E-state index in [-0.39, 0.29) is 45.6 Å². The summed E-state index contributed by atoms with van der Waals surface area (Å²) in [4.78, 5) is 39.0. The minimum absolute atomic E-state index is 0.0351. The maximum atomic E-state index is 13.1. The van der Waals surface area contributed by atoms with Crippen LogP contribution < -0.4 is 4.74 Å². The van der Waals surface area contributed by atoms with Crippen molar-refractivity contribution in [1.82, 2.24) is 0 Å². The zero-order valence-electron chi connectivity index (χ0n) is 15.9. The summed E-state index contributed by atoms with van der Waals surface area (Å²) >= 11 is 0. The molecule has 2 atom stereocenters. The van der Waals surface area contributed by atoms with Gasteiger partial charge in [-0.05, 0) is 19.1 Å². The number of carbonyl (C=O) groups excluding carboxylic acids is 3. The van der Waals surface area contributed by atoms with Gasteiger partial charge in [-0.1, -0.05) is 0 Å². The van der Waals surface area contributed by atoms with E-state index in [1.807, 2.05) is 0 Å². The number of hydrogen-bond donors (Lipinski definition) is 3. The molecule has 0 heterocycles. The van der Waals surface area contributed by atoms with Gasteiger partial charge in [-0.15, -0.1) is 0 Å². The topological polar surface area (TPSA) is 130 Å². The molecule has 8 heteroatoms. The first-order chi connectivity index (χ1) is 13.6. The van der Waals surface area contributed by atoms with Gasteiger partial charge in [-0.25, -0.2) is 0 Å². The fourth-order valence-electron chi connectivity index (χ4n) is 4.05. The van der Waals surface area contributed by atoms with Gasteiger partial charge < -0.3 is 24.8 Å². The van der Waals surface area contributed by atoms with Gasteiger partial charge in [0.2, 0.25) is 5.78 Å². The van der Waals surface area contributed by atoms with Crippen LogP contribution in [0.5, 0.6) is 17.2 Å². The second kappa shape index (κ2) is 6.13. The third-order valence-corrected chi connectivity index (χ3v) is 5.68. The van der Waals surface area contributed by atoms with E-state index in [1.54, 1.807) is 0 Å². The zero-order chi connectivity index (χ0) is 21.2.